The molecule has 0 heterocycles. The van der Waals surface area contributed by atoms with Gasteiger partial charge in [-0.1, -0.05) is 0 Å². The molecular weight excluding hydrogens is 894 g/mol. The fourth-order valence-corrected chi connectivity index (χ4v) is 8.24. The van der Waals surface area contributed by atoms with E-state index in [1.165, 1.54) is 0 Å². The van der Waals surface area contributed by atoms with Gasteiger partial charge in [-0.2, -0.15) is 42.1 Å². The van der Waals surface area contributed by atoms with Crippen molar-refractivity contribution < 1.29 is 97.2 Å². The topological polar surface area (TPSA) is 408 Å². The third-order valence-corrected chi connectivity index (χ3v) is 11.5. The third kappa shape index (κ3) is 8.51. The molecule has 23 nitrogen and oxygen atoms in total. The number of nitrogens with two attached hydrogens (primary N) is 1. The number of hydrogen-bond acceptors (Lipinski definition) is 18. The summed E-state index contributed by atoms with van der Waals surface area (Å²) in [4.78, 5) is -6.31. The maximum atomic E-state index is 12.4. The quantitative estimate of drug-likeness (QED) is 0.0440. The van der Waals surface area contributed by atoms with Crippen molar-refractivity contribution in [1.82, 2.24) is 0 Å². The first-order valence-corrected chi connectivity index (χ1v) is 20.8. The molecule has 0 aliphatic rings. The molecule has 5 aromatic carbocycles. The van der Waals surface area contributed by atoms with E-state index in [0.29, 0.717) is 18.2 Å². The number of benzene rings is 5. The van der Waals surface area contributed by atoms with Crippen LogP contribution in [0.1, 0.15) is 0 Å². The number of nitrogen functional groups attached to an aromatic ring is 1. The number of hydrogen-bond donors (Lipinski definition) is 9. The van der Waals surface area contributed by atoms with Gasteiger partial charge in [0.15, 0.2) is 11.5 Å². The molecule has 5 rings (SSSR count). The number of azo groups is 2. The van der Waals surface area contributed by atoms with Crippen molar-refractivity contribution in [2.75, 3.05) is 5.73 Å². The van der Waals surface area contributed by atoms with Gasteiger partial charge in [0.1, 0.15) is 48.1 Å². The first-order valence-electron chi connectivity index (χ1n) is 13.6. The average molecular weight is 913 g/mol. The van der Waals surface area contributed by atoms with E-state index < -0.39 is 137 Å². The Morgan fingerprint density at radius 3 is 1.55 bits per heavy atom. The van der Waals surface area contributed by atoms with Gasteiger partial charge in [-0.25, -0.2) is 0 Å². The summed E-state index contributed by atoms with van der Waals surface area (Å²) in [7, 11) is -26.8. The summed E-state index contributed by atoms with van der Waals surface area (Å²) < 4.78 is 170. The maximum absolute atomic E-state index is 12.4. The molecular formula is C26H19CuN5O18S5. The molecule has 0 spiro atoms. The number of rotatable bonds is 9. The van der Waals surface area contributed by atoms with Crippen LogP contribution in [0, 0.1) is 0 Å². The zero-order chi connectivity index (χ0) is 40.5. The SMILES string of the molecule is Nc1ccc(N=Nc2c(S(=O)(=O)O)cc3c(N=Nc4cc(S(=O)(=O)O)c5cc(S(=O)(=O)O)cc(S(=O)(=O)O)c5c4O)c(O)ccc3c2O)c(S(=O)(=O)O)c1.[Cu]. The van der Waals surface area contributed by atoms with Crippen LogP contribution < -0.4 is 5.73 Å². The fourth-order valence-electron chi connectivity index (χ4n) is 4.89. The van der Waals surface area contributed by atoms with Gasteiger partial charge in [-0.05, 0) is 54.6 Å². The number of fused-ring (bicyclic) bond motifs is 2. The summed E-state index contributed by atoms with van der Waals surface area (Å²) in [6.07, 6.45) is 0. The van der Waals surface area contributed by atoms with Gasteiger partial charge in [0, 0.05) is 44.3 Å². The molecule has 0 bridgehead atoms. The van der Waals surface area contributed by atoms with Gasteiger partial charge in [-0.3, -0.25) is 22.8 Å². The van der Waals surface area contributed by atoms with Gasteiger partial charge < -0.3 is 21.1 Å². The first-order chi connectivity index (χ1) is 24.6. The van der Waals surface area contributed by atoms with Crippen molar-refractivity contribution >= 4 is 101 Å². The first kappa shape index (κ1) is 42.8. The van der Waals surface area contributed by atoms with Gasteiger partial charge in [0.25, 0.3) is 50.6 Å². The number of phenolic OH excluding ortho intramolecular Hbond substituents is 3. The van der Waals surface area contributed by atoms with Crippen LogP contribution in [-0.2, 0) is 67.7 Å². The van der Waals surface area contributed by atoms with Gasteiger partial charge in [0.05, 0.1) is 4.90 Å². The van der Waals surface area contributed by atoms with Crippen molar-refractivity contribution in [3.05, 3.63) is 54.6 Å². The Morgan fingerprint density at radius 1 is 0.455 bits per heavy atom. The predicted octanol–water partition coefficient (Wildman–Crippen LogP) is 3.75. The molecule has 0 saturated carbocycles. The zero-order valence-corrected chi connectivity index (χ0v) is 31.1. The average Bonchev–Trinajstić information content (AvgIpc) is 3.02. The van der Waals surface area contributed by atoms with E-state index in [1.54, 1.807) is 0 Å². The van der Waals surface area contributed by atoms with Crippen molar-refractivity contribution in [2.24, 2.45) is 20.5 Å². The molecule has 55 heavy (non-hydrogen) atoms. The van der Waals surface area contributed by atoms with E-state index in [-0.39, 0.29) is 28.8 Å². The van der Waals surface area contributed by atoms with Crippen LogP contribution >= 0.6 is 0 Å². The molecule has 0 aliphatic heterocycles. The van der Waals surface area contributed by atoms with E-state index in [9.17, 15) is 80.2 Å². The van der Waals surface area contributed by atoms with Gasteiger partial charge >= 0.3 is 0 Å². The molecule has 0 saturated heterocycles. The minimum absolute atomic E-state index is 0. The minimum Gasteiger partial charge on any atom is -0.506 e. The summed E-state index contributed by atoms with van der Waals surface area (Å²) in [6, 6.07) is 5.96. The Morgan fingerprint density at radius 2 is 1.00 bits per heavy atom. The largest absolute Gasteiger partial charge is 0.506 e. The van der Waals surface area contributed by atoms with E-state index >= 15 is 0 Å². The molecule has 0 unspecified atom stereocenters. The summed E-state index contributed by atoms with van der Waals surface area (Å²) in [5, 5.41) is 43.7. The number of aromatic hydroxyl groups is 3. The molecule has 0 aliphatic carbocycles. The normalized spacial score (nSPS) is 13.2. The van der Waals surface area contributed by atoms with Crippen LogP contribution in [0.25, 0.3) is 21.5 Å². The number of anilines is 1. The summed E-state index contributed by atoms with van der Waals surface area (Å²) in [5.41, 5.74) is 1.87. The van der Waals surface area contributed by atoms with Crippen LogP contribution in [0.15, 0.2) is 99.5 Å². The van der Waals surface area contributed by atoms with Crippen LogP contribution in [-0.4, -0.2) is 80.2 Å². The van der Waals surface area contributed by atoms with E-state index in [4.69, 9.17) is 5.73 Å². The maximum Gasteiger partial charge on any atom is 0.296 e. The van der Waals surface area contributed by atoms with Crippen LogP contribution in [0.4, 0.5) is 28.4 Å². The number of phenols is 3. The van der Waals surface area contributed by atoms with Gasteiger partial charge in [-0.15, -0.1) is 20.5 Å². The second kappa shape index (κ2) is 14.3. The molecule has 0 fully saturated rings. The Bertz CT molecular complexity index is 3120. The van der Waals surface area contributed by atoms with Crippen molar-refractivity contribution in [3.8, 4) is 17.2 Å². The van der Waals surface area contributed by atoms with Crippen LogP contribution in [0.5, 0.6) is 17.2 Å². The molecule has 1 radical (unpaired) electrons. The second-order valence-corrected chi connectivity index (χ2v) is 17.7. The van der Waals surface area contributed by atoms with Crippen LogP contribution in [0.3, 0.4) is 0 Å². The Hall–Kier alpha value is -4.91. The smallest absolute Gasteiger partial charge is 0.296 e. The van der Waals surface area contributed by atoms with E-state index in [1.807, 2.05) is 0 Å². The van der Waals surface area contributed by atoms with Crippen molar-refractivity contribution in [3.63, 3.8) is 0 Å². The number of nitrogens with zero attached hydrogens (tertiary/aromatic N) is 4. The molecule has 0 atom stereocenters. The Labute approximate surface area is 318 Å². The summed E-state index contributed by atoms with van der Waals surface area (Å²) in [5.74, 6) is -3.35. The summed E-state index contributed by atoms with van der Waals surface area (Å²) in [6.45, 7) is 0. The molecule has 0 aromatic heterocycles. The van der Waals surface area contributed by atoms with Crippen molar-refractivity contribution in [2.45, 2.75) is 24.5 Å². The monoisotopic (exact) mass is 912 g/mol. The van der Waals surface area contributed by atoms with Crippen molar-refractivity contribution in [1.29, 1.82) is 0 Å². The zero-order valence-electron chi connectivity index (χ0n) is 26.1. The van der Waals surface area contributed by atoms with Crippen LogP contribution in [0.2, 0.25) is 0 Å². The fraction of sp³-hybridized carbons (Fsp3) is 0. The minimum atomic E-state index is -5.58. The van der Waals surface area contributed by atoms with Gasteiger partial charge in [0.2, 0.25) is 0 Å². The third-order valence-electron chi connectivity index (χ3n) is 7.18. The van der Waals surface area contributed by atoms with E-state index in [2.05, 4.69) is 20.5 Å². The molecule has 10 N–H and O–H groups in total. The molecule has 5 aromatic rings. The second-order valence-electron chi connectivity index (χ2n) is 10.7. The predicted molar refractivity (Wildman–Crippen MR) is 181 cm³/mol. The Balaban J connectivity index is 0.00000673. The van der Waals surface area contributed by atoms with E-state index in [0.717, 1.165) is 30.3 Å². The molecule has 29 heteroatoms. The molecule has 0 amide bonds. The summed E-state index contributed by atoms with van der Waals surface area (Å²) >= 11 is 0. The standard InChI is InChI=1S/C26H19N5O18S5.Cu/c27-10-1-3-15(19(5-10)52(41,42)43)28-31-24-21(54(47,48)49)8-13-12(25(24)33)2-4-17(32)23(13)30-29-16-9-18(51(38,39)40)14-6-11(50(35,36)37)7-20(53(44,45)46)22(14)26(16)34;/h1-9,32-34H,27H2,(H,35,36,37)(H,38,39,40)(H,41,42,43)(H,44,45,46)(H,47,48,49);. The Kier molecular flexibility index (Phi) is 11.1. The molecule has 297 valence electrons.